The maximum atomic E-state index is 12.6. The van der Waals surface area contributed by atoms with Crippen molar-refractivity contribution in [2.75, 3.05) is 18.5 Å². The molecule has 0 amide bonds. The van der Waals surface area contributed by atoms with Crippen molar-refractivity contribution in [2.24, 2.45) is 0 Å². The zero-order chi connectivity index (χ0) is 15.0. The molecule has 7 heteroatoms. The molecule has 0 heterocycles. The molecule has 0 radical (unpaired) electrons. The van der Waals surface area contributed by atoms with Gasteiger partial charge in [0.15, 0.2) is 5.66 Å². The number of benzene rings is 1. The second kappa shape index (κ2) is 8.13. The summed E-state index contributed by atoms with van der Waals surface area (Å²) in [5, 5.41) is 12.1. The molecule has 108 valence electrons. The highest BCUT2D eigenvalue weighted by molar-refractivity contribution is 7.82. The van der Waals surface area contributed by atoms with Crippen molar-refractivity contribution in [3.8, 4) is 6.07 Å². The van der Waals surface area contributed by atoms with E-state index in [2.05, 4.69) is 5.32 Å². The van der Waals surface area contributed by atoms with Gasteiger partial charge in [0.25, 0.3) is 0 Å². The monoisotopic (exact) mass is 312 g/mol. The Labute approximate surface area is 124 Å². The molecule has 0 aliphatic carbocycles. The van der Waals surface area contributed by atoms with Gasteiger partial charge >= 0.3 is 7.60 Å². The number of nitrogens with one attached hydrogen (secondary N) is 1. The van der Waals surface area contributed by atoms with Crippen LogP contribution in [0.15, 0.2) is 30.3 Å². The van der Waals surface area contributed by atoms with Gasteiger partial charge in [-0.3, -0.25) is 4.57 Å². The van der Waals surface area contributed by atoms with Crippen molar-refractivity contribution >= 4 is 30.5 Å². The molecule has 1 rings (SSSR count). The zero-order valence-corrected chi connectivity index (χ0v) is 13.1. The summed E-state index contributed by atoms with van der Waals surface area (Å²) in [6.45, 7) is 3.74. The number of hydrogen-bond donors (Lipinski definition) is 1. The third-order valence-electron chi connectivity index (χ3n) is 2.35. The lowest BCUT2D eigenvalue weighted by Gasteiger charge is -2.22. The lowest BCUT2D eigenvalue weighted by molar-refractivity contribution is 0.220. The fourth-order valence-corrected chi connectivity index (χ4v) is 3.69. The van der Waals surface area contributed by atoms with Crippen LogP contribution in [0, 0.1) is 11.3 Å². The Morgan fingerprint density at radius 3 is 2.35 bits per heavy atom. The van der Waals surface area contributed by atoms with Gasteiger partial charge in [0.2, 0.25) is 0 Å². The molecule has 1 N–H and O–H groups in total. The highest BCUT2D eigenvalue weighted by atomic mass is 32.1. The number of para-hydroxylation sites is 1. The summed E-state index contributed by atoms with van der Waals surface area (Å²) in [6.07, 6.45) is 0. The van der Waals surface area contributed by atoms with Gasteiger partial charge < -0.3 is 14.4 Å². The van der Waals surface area contributed by atoms with Crippen LogP contribution in [-0.2, 0) is 13.6 Å². The topological polar surface area (TPSA) is 71.3 Å². The third-order valence-corrected chi connectivity index (χ3v) is 5.10. The van der Waals surface area contributed by atoms with Crippen molar-refractivity contribution in [1.82, 2.24) is 0 Å². The van der Waals surface area contributed by atoms with E-state index in [1.165, 1.54) is 0 Å². The number of thiocarbonyl (C=S) groups is 1. The molecule has 0 aliphatic rings. The zero-order valence-electron chi connectivity index (χ0n) is 11.4. The molecule has 0 saturated heterocycles. The lowest BCUT2D eigenvalue weighted by atomic mass is 10.3. The van der Waals surface area contributed by atoms with E-state index in [0.717, 1.165) is 5.69 Å². The second-order valence-electron chi connectivity index (χ2n) is 3.76. The first-order valence-electron chi connectivity index (χ1n) is 6.21. The fraction of sp³-hybridized carbons (Fsp3) is 0.385. The number of hydrogen-bond acceptors (Lipinski definition) is 5. The average molecular weight is 312 g/mol. The van der Waals surface area contributed by atoms with Crippen LogP contribution in [0.25, 0.3) is 0 Å². The quantitative estimate of drug-likeness (QED) is 0.613. The molecule has 20 heavy (non-hydrogen) atoms. The van der Waals surface area contributed by atoms with Crippen molar-refractivity contribution in [1.29, 1.82) is 5.26 Å². The van der Waals surface area contributed by atoms with Crippen molar-refractivity contribution in [3.05, 3.63) is 30.3 Å². The SMILES string of the molecule is CCOP(=O)(OCC)[C@H](C#N)C(=S)Nc1ccccc1. The summed E-state index contributed by atoms with van der Waals surface area (Å²) in [4.78, 5) is 0.129. The highest BCUT2D eigenvalue weighted by Gasteiger charge is 2.39. The van der Waals surface area contributed by atoms with E-state index >= 15 is 0 Å². The Balaban J connectivity index is 2.91. The number of anilines is 1. The van der Waals surface area contributed by atoms with Crippen LogP contribution in [0.3, 0.4) is 0 Å². The van der Waals surface area contributed by atoms with E-state index < -0.39 is 13.3 Å². The Hall–Kier alpha value is -1.25. The fourth-order valence-electron chi connectivity index (χ4n) is 1.55. The van der Waals surface area contributed by atoms with E-state index in [-0.39, 0.29) is 18.2 Å². The van der Waals surface area contributed by atoms with Gasteiger partial charge in [0, 0.05) is 5.69 Å². The maximum Gasteiger partial charge on any atom is 0.354 e. The molecule has 0 aliphatic heterocycles. The van der Waals surface area contributed by atoms with Crippen LogP contribution >= 0.6 is 19.8 Å². The van der Waals surface area contributed by atoms with Gasteiger partial charge in [0.1, 0.15) is 4.99 Å². The number of rotatable bonds is 7. The molecule has 0 aromatic heterocycles. The Morgan fingerprint density at radius 2 is 1.90 bits per heavy atom. The number of nitrogens with zero attached hydrogens (tertiary/aromatic N) is 1. The van der Waals surface area contributed by atoms with Crippen LogP contribution in [0.2, 0.25) is 0 Å². The molecule has 1 aromatic rings. The van der Waals surface area contributed by atoms with Crippen LogP contribution in [0.1, 0.15) is 13.8 Å². The standard InChI is InChI=1S/C13H17N2O3PS/c1-3-17-19(16,18-4-2)12(10-14)13(20)15-11-8-6-5-7-9-11/h5-9,12H,3-4H2,1-2H3,(H,15,20)/t12-/m1/s1. The largest absolute Gasteiger partial charge is 0.354 e. The summed E-state index contributed by atoms with van der Waals surface area (Å²) >= 11 is 5.17. The van der Waals surface area contributed by atoms with Crippen LogP contribution in [-0.4, -0.2) is 23.9 Å². The van der Waals surface area contributed by atoms with E-state index in [4.69, 9.17) is 21.3 Å². The van der Waals surface area contributed by atoms with Gasteiger partial charge in [0.05, 0.1) is 19.3 Å². The minimum absolute atomic E-state index is 0.129. The molecule has 1 atom stereocenters. The third kappa shape index (κ3) is 4.39. The highest BCUT2D eigenvalue weighted by Crippen LogP contribution is 2.53. The molecule has 5 nitrogen and oxygen atoms in total. The lowest BCUT2D eigenvalue weighted by Crippen LogP contribution is -2.26. The van der Waals surface area contributed by atoms with Gasteiger partial charge in [-0.15, -0.1) is 0 Å². The average Bonchev–Trinajstić information content (AvgIpc) is 2.41. The Bertz CT molecular complexity index is 520. The summed E-state index contributed by atoms with van der Waals surface area (Å²) in [5.74, 6) is 0. The molecular weight excluding hydrogens is 295 g/mol. The number of nitriles is 1. The normalized spacial score (nSPS) is 12.4. The van der Waals surface area contributed by atoms with Gasteiger partial charge in [-0.2, -0.15) is 5.26 Å². The smallest absolute Gasteiger partial charge is 0.348 e. The van der Waals surface area contributed by atoms with Crippen molar-refractivity contribution in [2.45, 2.75) is 19.5 Å². The van der Waals surface area contributed by atoms with Gasteiger partial charge in [-0.05, 0) is 26.0 Å². The first kappa shape index (κ1) is 16.8. The minimum atomic E-state index is -3.59. The predicted molar refractivity (Wildman–Crippen MR) is 82.9 cm³/mol. The van der Waals surface area contributed by atoms with Gasteiger partial charge in [-0.25, -0.2) is 0 Å². The first-order chi connectivity index (χ1) is 9.57. The van der Waals surface area contributed by atoms with E-state index in [0.29, 0.717) is 0 Å². The van der Waals surface area contributed by atoms with Crippen LogP contribution < -0.4 is 5.32 Å². The molecular formula is C13H17N2O3PS. The van der Waals surface area contributed by atoms with E-state index in [1.807, 2.05) is 24.3 Å². The molecule has 0 fully saturated rings. The van der Waals surface area contributed by atoms with Crippen molar-refractivity contribution < 1.29 is 13.6 Å². The predicted octanol–water partition coefficient (Wildman–Crippen LogP) is 3.58. The molecule has 0 bridgehead atoms. The molecule has 0 spiro atoms. The Kier molecular flexibility index (Phi) is 6.83. The summed E-state index contributed by atoms with van der Waals surface area (Å²) in [6, 6.07) is 11.0. The van der Waals surface area contributed by atoms with Crippen LogP contribution in [0.4, 0.5) is 5.69 Å². The summed E-state index contributed by atoms with van der Waals surface area (Å²) in [7, 11) is -3.59. The first-order valence-corrected chi connectivity index (χ1v) is 8.23. The summed E-state index contributed by atoms with van der Waals surface area (Å²) < 4.78 is 22.9. The van der Waals surface area contributed by atoms with Crippen LogP contribution in [0.5, 0.6) is 0 Å². The minimum Gasteiger partial charge on any atom is -0.348 e. The molecule has 1 aromatic carbocycles. The van der Waals surface area contributed by atoms with Gasteiger partial charge in [-0.1, -0.05) is 30.4 Å². The maximum absolute atomic E-state index is 12.6. The Morgan fingerprint density at radius 1 is 1.35 bits per heavy atom. The van der Waals surface area contributed by atoms with Crippen molar-refractivity contribution in [3.63, 3.8) is 0 Å². The van der Waals surface area contributed by atoms with E-state index in [1.54, 1.807) is 26.0 Å². The molecule has 0 unspecified atom stereocenters. The summed E-state index contributed by atoms with van der Waals surface area (Å²) in [5.41, 5.74) is -0.407. The van der Waals surface area contributed by atoms with E-state index in [9.17, 15) is 9.83 Å². The molecule has 0 saturated carbocycles. The second-order valence-corrected chi connectivity index (χ2v) is 6.31.